The molecule has 92 valence electrons. The summed E-state index contributed by atoms with van der Waals surface area (Å²) in [5.41, 5.74) is 0.350. The third-order valence-electron chi connectivity index (χ3n) is 3.32. The van der Waals surface area contributed by atoms with Gasteiger partial charge >= 0.3 is 0 Å². The second-order valence-corrected chi connectivity index (χ2v) is 4.01. The van der Waals surface area contributed by atoms with Gasteiger partial charge in [-0.05, 0) is 19.3 Å². The fourth-order valence-electron chi connectivity index (χ4n) is 1.84. The van der Waals surface area contributed by atoms with Gasteiger partial charge in [0.05, 0.1) is 6.61 Å². The first-order valence-corrected chi connectivity index (χ1v) is 6.19. The molecule has 0 rings (SSSR count). The molecule has 0 unspecified atom stereocenters. The average Bonchev–Trinajstić information content (AvgIpc) is 2.29. The lowest BCUT2D eigenvalue weighted by atomic mass is 9.90. The van der Waals surface area contributed by atoms with Gasteiger partial charge in [-0.15, -0.1) is 0 Å². The molecule has 0 bridgehead atoms. The maximum Gasteiger partial charge on any atom is 0.0587 e. The zero-order valence-electron chi connectivity index (χ0n) is 10.9. The molecule has 0 aromatic heterocycles. The van der Waals surface area contributed by atoms with E-state index in [0.29, 0.717) is 5.54 Å². The van der Waals surface area contributed by atoms with Crippen LogP contribution < -0.4 is 10.6 Å². The minimum Gasteiger partial charge on any atom is -0.383 e. The molecular weight excluding hydrogens is 188 g/mol. The Morgan fingerprint density at radius 2 is 1.53 bits per heavy atom. The van der Waals surface area contributed by atoms with Gasteiger partial charge in [0.2, 0.25) is 0 Å². The first kappa shape index (κ1) is 14.9. The molecule has 0 amide bonds. The summed E-state index contributed by atoms with van der Waals surface area (Å²) in [6.45, 7) is 10.6. The minimum absolute atomic E-state index is 0.350. The van der Waals surface area contributed by atoms with Crippen LogP contribution in [-0.2, 0) is 4.74 Å². The summed E-state index contributed by atoms with van der Waals surface area (Å²) >= 11 is 0. The third kappa shape index (κ3) is 6.13. The van der Waals surface area contributed by atoms with Gasteiger partial charge in [-0.25, -0.2) is 0 Å². The highest BCUT2D eigenvalue weighted by atomic mass is 16.5. The Bertz CT molecular complexity index is 127. The summed E-state index contributed by atoms with van der Waals surface area (Å²) < 4.78 is 4.97. The standard InChI is InChI=1S/C12H28N2O/c1-5-12(6-2,7-3)14-9-8-13-10-11-15-4/h13-14H,5-11H2,1-4H3. The van der Waals surface area contributed by atoms with Crippen molar-refractivity contribution in [2.75, 3.05) is 33.4 Å². The minimum atomic E-state index is 0.350. The van der Waals surface area contributed by atoms with Crippen molar-refractivity contribution in [2.24, 2.45) is 0 Å². The van der Waals surface area contributed by atoms with Crippen molar-refractivity contribution < 1.29 is 4.74 Å². The number of rotatable bonds is 10. The molecule has 0 aliphatic heterocycles. The predicted molar refractivity (Wildman–Crippen MR) is 66.4 cm³/mol. The van der Waals surface area contributed by atoms with Gasteiger partial charge < -0.3 is 15.4 Å². The van der Waals surface area contributed by atoms with Gasteiger partial charge in [-0.2, -0.15) is 0 Å². The van der Waals surface area contributed by atoms with E-state index in [2.05, 4.69) is 31.4 Å². The predicted octanol–water partition coefficient (Wildman–Crippen LogP) is 1.78. The number of ether oxygens (including phenoxy) is 1. The molecule has 3 heteroatoms. The average molecular weight is 216 g/mol. The number of hydrogen-bond donors (Lipinski definition) is 2. The Labute approximate surface area is 95.0 Å². The highest BCUT2D eigenvalue weighted by Crippen LogP contribution is 2.18. The van der Waals surface area contributed by atoms with E-state index in [9.17, 15) is 0 Å². The second-order valence-electron chi connectivity index (χ2n) is 4.01. The molecule has 3 nitrogen and oxygen atoms in total. The Morgan fingerprint density at radius 1 is 0.933 bits per heavy atom. The summed E-state index contributed by atoms with van der Waals surface area (Å²) in [4.78, 5) is 0. The Morgan fingerprint density at radius 3 is 2.00 bits per heavy atom. The Kier molecular flexibility index (Phi) is 9.06. The van der Waals surface area contributed by atoms with Crippen molar-refractivity contribution in [3.63, 3.8) is 0 Å². The molecular formula is C12H28N2O. The van der Waals surface area contributed by atoms with Crippen LogP contribution in [0.25, 0.3) is 0 Å². The highest BCUT2D eigenvalue weighted by Gasteiger charge is 2.21. The first-order valence-electron chi connectivity index (χ1n) is 6.19. The van der Waals surface area contributed by atoms with Crippen LogP contribution in [0.4, 0.5) is 0 Å². The van der Waals surface area contributed by atoms with Gasteiger partial charge in [-0.3, -0.25) is 0 Å². The third-order valence-corrected chi connectivity index (χ3v) is 3.32. The monoisotopic (exact) mass is 216 g/mol. The van der Waals surface area contributed by atoms with E-state index in [1.54, 1.807) is 7.11 Å². The lowest BCUT2D eigenvalue weighted by Crippen LogP contribution is -2.46. The second kappa shape index (κ2) is 9.13. The summed E-state index contributed by atoms with van der Waals surface area (Å²) in [6, 6.07) is 0. The van der Waals surface area contributed by atoms with Gasteiger partial charge in [0.1, 0.15) is 0 Å². The van der Waals surface area contributed by atoms with E-state index in [0.717, 1.165) is 26.2 Å². The number of methoxy groups -OCH3 is 1. The topological polar surface area (TPSA) is 33.3 Å². The molecule has 2 N–H and O–H groups in total. The van der Waals surface area contributed by atoms with Gasteiger partial charge in [0.25, 0.3) is 0 Å². The van der Waals surface area contributed by atoms with Crippen LogP contribution in [0.3, 0.4) is 0 Å². The normalized spacial score (nSPS) is 12.0. The molecule has 0 aliphatic carbocycles. The smallest absolute Gasteiger partial charge is 0.0587 e. The van der Waals surface area contributed by atoms with Crippen molar-refractivity contribution in [3.8, 4) is 0 Å². The SMILES string of the molecule is CCC(CC)(CC)NCCNCCOC. The number of nitrogens with one attached hydrogen (secondary N) is 2. The lowest BCUT2D eigenvalue weighted by Gasteiger charge is -2.32. The van der Waals surface area contributed by atoms with Crippen LogP contribution >= 0.6 is 0 Å². The highest BCUT2D eigenvalue weighted by molar-refractivity contribution is 4.83. The molecule has 15 heavy (non-hydrogen) atoms. The quantitative estimate of drug-likeness (QED) is 0.546. The summed E-state index contributed by atoms with van der Waals surface area (Å²) in [6.07, 6.45) is 3.62. The molecule has 0 aliphatic rings. The van der Waals surface area contributed by atoms with Crippen molar-refractivity contribution in [2.45, 2.75) is 45.6 Å². The summed E-state index contributed by atoms with van der Waals surface area (Å²) in [5, 5.41) is 7.00. The van der Waals surface area contributed by atoms with Crippen LogP contribution in [0.15, 0.2) is 0 Å². The molecule has 0 heterocycles. The zero-order chi connectivity index (χ0) is 11.6. The molecule has 0 aromatic carbocycles. The van der Waals surface area contributed by atoms with E-state index in [-0.39, 0.29) is 0 Å². The molecule has 0 radical (unpaired) electrons. The molecule has 0 aromatic rings. The van der Waals surface area contributed by atoms with Crippen molar-refractivity contribution in [1.82, 2.24) is 10.6 Å². The van der Waals surface area contributed by atoms with Crippen molar-refractivity contribution in [1.29, 1.82) is 0 Å². The maximum absolute atomic E-state index is 4.97. The molecule has 0 saturated heterocycles. The van der Waals surface area contributed by atoms with E-state index < -0.39 is 0 Å². The first-order chi connectivity index (χ1) is 7.24. The maximum atomic E-state index is 4.97. The van der Waals surface area contributed by atoms with E-state index in [1.807, 2.05) is 0 Å². The van der Waals surface area contributed by atoms with Gasteiger partial charge in [-0.1, -0.05) is 20.8 Å². The molecule has 0 fully saturated rings. The van der Waals surface area contributed by atoms with E-state index in [1.165, 1.54) is 19.3 Å². The largest absolute Gasteiger partial charge is 0.383 e. The number of hydrogen-bond acceptors (Lipinski definition) is 3. The summed E-state index contributed by atoms with van der Waals surface area (Å²) in [7, 11) is 1.73. The van der Waals surface area contributed by atoms with Crippen molar-refractivity contribution in [3.05, 3.63) is 0 Å². The van der Waals surface area contributed by atoms with Crippen LogP contribution in [0.5, 0.6) is 0 Å². The Hall–Kier alpha value is -0.120. The van der Waals surface area contributed by atoms with E-state index in [4.69, 9.17) is 4.74 Å². The van der Waals surface area contributed by atoms with Crippen LogP contribution in [0.1, 0.15) is 40.0 Å². The molecule has 0 saturated carbocycles. The zero-order valence-corrected chi connectivity index (χ0v) is 10.9. The molecule has 0 atom stereocenters. The Balaban J connectivity index is 3.54. The van der Waals surface area contributed by atoms with Crippen LogP contribution in [-0.4, -0.2) is 38.9 Å². The fourth-order valence-corrected chi connectivity index (χ4v) is 1.84. The lowest BCUT2D eigenvalue weighted by molar-refractivity contribution is 0.198. The van der Waals surface area contributed by atoms with Crippen LogP contribution in [0.2, 0.25) is 0 Å². The molecule has 0 spiro atoms. The van der Waals surface area contributed by atoms with Gasteiger partial charge in [0, 0.05) is 32.3 Å². The van der Waals surface area contributed by atoms with Crippen LogP contribution in [0, 0.1) is 0 Å². The van der Waals surface area contributed by atoms with Gasteiger partial charge in [0.15, 0.2) is 0 Å². The fraction of sp³-hybridized carbons (Fsp3) is 1.00. The summed E-state index contributed by atoms with van der Waals surface area (Å²) in [5.74, 6) is 0. The van der Waals surface area contributed by atoms with Crippen molar-refractivity contribution >= 4 is 0 Å². The van der Waals surface area contributed by atoms with E-state index >= 15 is 0 Å².